The molecule has 20 atom stereocenters. The average Bonchev–Trinajstić information content (AvgIpc) is 3.36. The summed E-state index contributed by atoms with van der Waals surface area (Å²) >= 11 is 0. The van der Waals surface area contributed by atoms with Crippen LogP contribution in [0.4, 0.5) is 0 Å². The third-order valence-electron chi connectivity index (χ3n) is 13.0. The van der Waals surface area contributed by atoms with Crippen molar-refractivity contribution in [1.82, 2.24) is 21.3 Å². The minimum Gasteiger partial charge on any atom is -0.494 e. The molecule has 4 amide bonds. The molecule has 0 aliphatic carbocycles. The van der Waals surface area contributed by atoms with Gasteiger partial charge in [-0.1, -0.05) is 44.4 Å². The van der Waals surface area contributed by atoms with Crippen LogP contribution >= 0.6 is 0 Å². The van der Waals surface area contributed by atoms with Gasteiger partial charge in [0.15, 0.2) is 25.2 Å². The predicted molar refractivity (Wildman–Crippen MR) is 253 cm³/mol. The topological polar surface area (TPSA) is 393 Å². The number of allylic oxidation sites excluding steroid dienone is 2. The van der Waals surface area contributed by atoms with E-state index in [-0.39, 0.29) is 5.56 Å². The van der Waals surface area contributed by atoms with Crippen LogP contribution in [0.5, 0.6) is 5.75 Å². The number of carbonyl (C=O) groups excluding carboxylic acids is 4. The molecule has 420 valence electrons. The van der Waals surface area contributed by atoms with E-state index in [4.69, 9.17) is 37.9 Å². The van der Waals surface area contributed by atoms with Crippen LogP contribution < -0.4 is 26.0 Å². The number of amides is 4. The normalized spacial score (nSPS) is 36.5. The Hall–Kier alpha value is -4.04. The highest BCUT2D eigenvalue weighted by molar-refractivity contribution is 5.94. The fraction of sp³-hybridized carbons (Fsp3) is 0.750. The van der Waals surface area contributed by atoms with Gasteiger partial charge in [0.1, 0.15) is 103 Å². The molecular formula is C48H76N4O22. The molecule has 26 heteroatoms. The zero-order valence-corrected chi connectivity index (χ0v) is 41.9. The fourth-order valence-corrected chi connectivity index (χ4v) is 9.21. The highest BCUT2D eigenvalue weighted by atomic mass is 16.8. The number of aliphatic hydroxyl groups is 10. The van der Waals surface area contributed by atoms with Gasteiger partial charge in [-0.15, -0.1) is 0 Å². The second-order valence-corrected chi connectivity index (χ2v) is 18.7. The summed E-state index contributed by atoms with van der Waals surface area (Å²) in [4.78, 5) is 50.9. The van der Waals surface area contributed by atoms with Crippen molar-refractivity contribution in [2.75, 3.05) is 33.0 Å². The molecule has 74 heavy (non-hydrogen) atoms. The van der Waals surface area contributed by atoms with E-state index in [0.717, 1.165) is 46.5 Å². The Morgan fingerprint density at radius 2 is 0.986 bits per heavy atom. The average molecular weight is 1060 g/mol. The first-order valence-corrected chi connectivity index (χ1v) is 25.0. The lowest BCUT2D eigenvalue weighted by Gasteiger charge is -2.51. The predicted octanol–water partition coefficient (Wildman–Crippen LogP) is -4.19. The highest BCUT2D eigenvalue weighted by Gasteiger charge is 2.56. The third kappa shape index (κ3) is 16.0. The van der Waals surface area contributed by atoms with Crippen molar-refractivity contribution >= 4 is 23.6 Å². The molecular weight excluding hydrogens is 985 g/mol. The van der Waals surface area contributed by atoms with E-state index in [9.17, 15) is 70.2 Å². The molecule has 0 saturated carbocycles. The summed E-state index contributed by atoms with van der Waals surface area (Å²) in [7, 11) is 0. The minimum absolute atomic E-state index is 0.0817. The van der Waals surface area contributed by atoms with Crippen LogP contribution in [0.1, 0.15) is 83.0 Å². The van der Waals surface area contributed by atoms with Gasteiger partial charge in [0, 0.05) is 26.3 Å². The van der Waals surface area contributed by atoms with E-state index in [0.29, 0.717) is 12.4 Å². The smallest absolute Gasteiger partial charge is 0.251 e. The first kappa shape index (κ1) is 60.8. The van der Waals surface area contributed by atoms with Crippen molar-refractivity contribution in [3.05, 3.63) is 42.0 Å². The molecule has 14 N–H and O–H groups in total. The molecule has 0 spiro atoms. The van der Waals surface area contributed by atoms with Crippen LogP contribution in [-0.4, -0.2) is 230 Å². The van der Waals surface area contributed by atoms with Crippen LogP contribution in [0.3, 0.4) is 0 Å². The fourth-order valence-electron chi connectivity index (χ4n) is 9.21. The largest absolute Gasteiger partial charge is 0.494 e. The van der Waals surface area contributed by atoms with Gasteiger partial charge in [-0.25, -0.2) is 0 Å². The van der Waals surface area contributed by atoms with E-state index in [1.165, 1.54) is 31.4 Å². The van der Waals surface area contributed by atoms with Gasteiger partial charge in [-0.2, -0.15) is 0 Å². The Bertz CT molecular complexity index is 1960. The molecule has 4 saturated heterocycles. The van der Waals surface area contributed by atoms with Crippen LogP contribution in [0.25, 0.3) is 0 Å². The first-order chi connectivity index (χ1) is 35.4. The number of unbranched alkanes of at least 4 members (excludes halogenated alkanes) is 5. The number of benzene rings is 1. The first-order valence-electron chi connectivity index (χ1n) is 25.0. The Balaban J connectivity index is 1.32. The van der Waals surface area contributed by atoms with Crippen molar-refractivity contribution in [2.45, 2.75) is 195 Å². The number of carbonyl (C=O) groups is 4. The zero-order chi connectivity index (χ0) is 54.2. The third-order valence-corrected chi connectivity index (χ3v) is 13.0. The second-order valence-electron chi connectivity index (χ2n) is 18.7. The molecule has 0 bridgehead atoms. The molecule has 1 aromatic rings. The number of aliphatic hydroxyl groups excluding tert-OH is 10. The molecule has 5 rings (SSSR count). The molecule has 4 fully saturated rings. The van der Waals surface area contributed by atoms with Gasteiger partial charge < -0.3 is 110 Å². The maximum Gasteiger partial charge on any atom is 0.251 e. The van der Waals surface area contributed by atoms with Crippen LogP contribution in [0.2, 0.25) is 0 Å². The molecule has 11 unspecified atom stereocenters. The van der Waals surface area contributed by atoms with Crippen LogP contribution in [0, 0.1) is 0 Å². The monoisotopic (exact) mass is 1060 g/mol. The summed E-state index contributed by atoms with van der Waals surface area (Å²) in [5.74, 6) is -2.58. The molecule has 1 aromatic carbocycles. The van der Waals surface area contributed by atoms with E-state index in [1.54, 1.807) is 12.1 Å². The SMILES string of the molecule is CCCCCC/C=C\CCCOc1cccc(C(=O)NC2[C@H](O[C@@H]3C(CO)O[C@H](O[C@H]4C(CO)O[C@@H](O[C@@H]5C(CO)OC(O)C(NC(C)=O)C5O)C(NC(C)=O)[C@H]4O)C(NC(C)=O)C3O)OC(CO)[C@H](O)[C@@H]2O)c1. The summed E-state index contributed by atoms with van der Waals surface area (Å²) in [5, 5.41) is 119. The summed E-state index contributed by atoms with van der Waals surface area (Å²) in [6.45, 7) is 2.23. The quantitative estimate of drug-likeness (QED) is 0.0326. The van der Waals surface area contributed by atoms with Crippen LogP contribution in [0.15, 0.2) is 36.4 Å². The van der Waals surface area contributed by atoms with Gasteiger partial charge in [0.2, 0.25) is 17.7 Å². The highest BCUT2D eigenvalue weighted by Crippen LogP contribution is 2.35. The van der Waals surface area contributed by atoms with Gasteiger partial charge >= 0.3 is 0 Å². The molecule has 26 nitrogen and oxygen atoms in total. The van der Waals surface area contributed by atoms with Gasteiger partial charge in [-0.3, -0.25) is 19.2 Å². The van der Waals surface area contributed by atoms with E-state index in [1.807, 2.05) is 0 Å². The van der Waals surface area contributed by atoms with Gasteiger partial charge in [-0.05, 0) is 43.9 Å². The standard InChI is InChI=1S/C48H76N4O22/c1-5-6-7-8-9-10-11-12-13-17-67-27-16-14-15-26(18-27)44(65)52-33-37(61)36(60)28(19-53)69-46(33)73-42-30(21-55)71-48(35(39(42)63)51-25(4)59)74-43-31(22-56)70-47(34(40(43)64)50-24(3)58)72-41-29(20-54)68-45(66)32(38(41)62)49-23(2)57/h10-11,14-16,18,28-43,45-48,53-56,60-64,66H,5-9,12-13,17,19-22H2,1-4H3,(H,49,57)(H,50,58)(H,51,59)(H,52,65)/b11-10-/t28?,29?,30?,31?,32?,33?,34?,35?,36-,37+,38?,39?,40+,41+,42+,43-,45?,46-,47-,48+/m0/s1. The Morgan fingerprint density at radius 1 is 0.541 bits per heavy atom. The van der Waals surface area contributed by atoms with E-state index in [2.05, 4.69) is 40.3 Å². The summed E-state index contributed by atoms with van der Waals surface area (Å²) in [5.41, 5.74) is 0.0817. The zero-order valence-electron chi connectivity index (χ0n) is 41.9. The molecule has 4 heterocycles. The lowest BCUT2D eigenvalue weighted by atomic mass is 9.93. The molecule has 4 aliphatic rings. The van der Waals surface area contributed by atoms with Gasteiger partial charge in [0.05, 0.1) is 33.0 Å². The Labute approximate surface area is 428 Å². The summed E-state index contributed by atoms with van der Waals surface area (Å²) < 4.78 is 47.4. The van der Waals surface area contributed by atoms with Crippen molar-refractivity contribution in [1.29, 1.82) is 0 Å². The Morgan fingerprint density at radius 3 is 1.47 bits per heavy atom. The van der Waals surface area contributed by atoms with Crippen molar-refractivity contribution in [2.24, 2.45) is 0 Å². The number of hydrogen-bond acceptors (Lipinski definition) is 22. The van der Waals surface area contributed by atoms with Crippen molar-refractivity contribution < 1.29 is 108 Å². The van der Waals surface area contributed by atoms with Crippen molar-refractivity contribution in [3.8, 4) is 5.75 Å². The lowest BCUT2D eigenvalue weighted by molar-refractivity contribution is -0.361. The number of hydrogen-bond donors (Lipinski definition) is 14. The second kappa shape index (κ2) is 29.5. The Kier molecular flexibility index (Phi) is 24.2. The van der Waals surface area contributed by atoms with E-state index < -0.39 is 173 Å². The maximum atomic E-state index is 13.8. The summed E-state index contributed by atoms with van der Waals surface area (Å²) in [6.07, 6.45) is -16.1. The number of ether oxygens (including phenoxy) is 8. The molecule has 4 aliphatic heterocycles. The minimum atomic E-state index is -1.94. The maximum absolute atomic E-state index is 13.8. The molecule has 0 aromatic heterocycles. The van der Waals surface area contributed by atoms with Gasteiger partial charge in [0.25, 0.3) is 5.91 Å². The number of nitrogens with one attached hydrogen (secondary N) is 4. The molecule has 0 radical (unpaired) electrons. The summed E-state index contributed by atoms with van der Waals surface area (Å²) in [6, 6.07) is -0.191. The van der Waals surface area contributed by atoms with Crippen molar-refractivity contribution in [3.63, 3.8) is 0 Å². The van der Waals surface area contributed by atoms with E-state index >= 15 is 0 Å². The number of rotatable bonds is 25. The lowest BCUT2D eigenvalue weighted by Crippen LogP contribution is -2.71. The van der Waals surface area contributed by atoms with Crippen LogP contribution in [-0.2, 0) is 47.5 Å².